The Balaban J connectivity index is 1.92. The minimum Gasteiger partial charge on any atom is -0.489 e. The summed E-state index contributed by atoms with van der Waals surface area (Å²) in [6.45, 7) is 1.41. The van der Waals surface area contributed by atoms with Gasteiger partial charge in [-0.25, -0.2) is 0 Å². The maximum atomic E-state index is 11.0. The molecule has 5 nitrogen and oxygen atoms in total. The summed E-state index contributed by atoms with van der Waals surface area (Å²) in [5, 5.41) is 0.648. The highest BCUT2D eigenvalue weighted by molar-refractivity contribution is 7.80. The van der Waals surface area contributed by atoms with Crippen molar-refractivity contribution in [2.75, 3.05) is 24.6 Å². The van der Waals surface area contributed by atoms with Crippen LogP contribution in [-0.4, -0.2) is 41.7 Å². The Labute approximate surface area is 110 Å². The van der Waals surface area contributed by atoms with Gasteiger partial charge in [-0.15, -0.1) is 0 Å². The number of anilines is 1. The number of hydrogen-bond donors (Lipinski definition) is 1. The van der Waals surface area contributed by atoms with Gasteiger partial charge in [0.15, 0.2) is 5.11 Å². The minimum atomic E-state index is -0.369. The quantitative estimate of drug-likeness (QED) is 0.780. The fourth-order valence-corrected chi connectivity index (χ4v) is 2.82. The molecule has 1 aromatic carbocycles. The largest absolute Gasteiger partial charge is 0.489 e. The number of nitrogens with zero attached hydrogens (tertiary/aromatic N) is 2. The first-order valence-corrected chi connectivity index (χ1v) is 6.16. The van der Waals surface area contributed by atoms with Crippen LogP contribution in [0.3, 0.4) is 0 Å². The van der Waals surface area contributed by atoms with Crippen molar-refractivity contribution < 1.29 is 9.53 Å². The Bertz CT molecular complexity index is 520. The summed E-state index contributed by atoms with van der Waals surface area (Å²) >= 11 is 5.42. The number of nitrogens with two attached hydrogens (primary N) is 1. The second-order valence-electron chi connectivity index (χ2n) is 4.43. The number of primary amides is 1. The zero-order chi connectivity index (χ0) is 12.7. The maximum absolute atomic E-state index is 11.0. The molecule has 1 saturated heterocycles. The third kappa shape index (κ3) is 1.69. The van der Waals surface area contributed by atoms with Gasteiger partial charge in [0.05, 0.1) is 18.3 Å². The van der Waals surface area contributed by atoms with Gasteiger partial charge in [0, 0.05) is 6.54 Å². The van der Waals surface area contributed by atoms with Crippen molar-refractivity contribution in [3.8, 4) is 5.75 Å². The topological polar surface area (TPSA) is 58.8 Å². The summed E-state index contributed by atoms with van der Waals surface area (Å²) in [7, 11) is 0. The zero-order valence-corrected chi connectivity index (χ0v) is 10.5. The molecule has 1 amide bonds. The fraction of sp³-hybridized carbons (Fsp3) is 0.333. The Kier molecular flexibility index (Phi) is 2.59. The standard InChI is InChI=1S/C12H13N3O2S/c13-11(16)6-14-5-8-7-17-10-4-2-1-3-9(10)15(8)12(14)18/h1-4,8H,5-7H2,(H2,13,16). The van der Waals surface area contributed by atoms with E-state index in [1.165, 1.54) is 0 Å². The van der Waals surface area contributed by atoms with Crippen molar-refractivity contribution in [3.05, 3.63) is 24.3 Å². The van der Waals surface area contributed by atoms with E-state index in [2.05, 4.69) is 4.90 Å². The Hall–Kier alpha value is -1.82. The van der Waals surface area contributed by atoms with E-state index >= 15 is 0 Å². The van der Waals surface area contributed by atoms with E-state index in [9.17, 15) is 4.79 Å². The van der Waals surface area contributed by atoms with E-state index < -0.39 is 0 Å². The lowest BCUT2D eigenvalue weighted by Crippen LogP contribution is -2.41. The van der Waals surface area contributed by atoms with Gasteiger partial charge >= 0.3 is 0 Å². The molecule has 1 aromatic rings. The summed E-state index contributed by atoms with van der Waals surface area (Å²) in [6.07, 6.45) is 0. The first-order valence-electron chi connectivity index (χ1n) is 5.75. The summed E-state index contributed by atoms with van der Waals surface area (Å²) in [5.41, 5.74) is 6.19. The predicted molar refractivity (Wildman–Crippen MR) is 71.6 cm³/mol. The van der Waals surface area contributed by atoms with E-state index in [0.29, 0.717) is 18.3 Å². The summed E-state index contributed by atoms with van der Waals surface area (Å²) < 4.78 is 5.69. The number of benzene rings is 1. The molecule has 94 valence electrons. The molecule has 3 rings (SSSR count). The molecule has 0 aliphatic carbocycles. The molecule has 1 unspecified atom stereocenters. The lowest BCUT2D eigenvalue weighted by Gasteiger charge is -2.31. The molecule has 2 N–H and O–H groups in total. The molecule has 0 bridgehead atoms. The first-order chi connectivity index (χ1) is 8.66. The molecular formula is C12H13N3O2S. The van der Waals surface area contributed by atoms with E-state index in [0.717, 1.165) is 11.4 Å². The number of amides is 1. The van der Waals surface area contributed by atoms with Crippen molar-refractivity contribution in [1.29, 1.82) is 0 Å². The third-order valence-corrected chi connectivity index (χ3v) is 3.63. The average molecular weight is 263 g/mol. The van der Waals surface area contributed by atoms with Crippen molar-refractivity contribution >= 4 is 28.9 Å². The van der Waals surface area contributed by atoms with E-state index in [1.807, 2.05) is 29.2 Å². The predicted octanol–water partition coefficient (Wildman–Crippen LogP) is 0.340. The fourth-order valence-electron chi connectivity index (χ4n) is 2.43. The van der Waals surface area contributed by atoms with Crippen LogP contribution in [0.4, 0.5) is 5.69 Å². The number of carbonyl (C=O) groups is 1. The summed E-state index contributed by atoms with van der Waals surface area (Å²) in [6, 6.07) is 7.93. The van der Waals surface area contributed by atoms with Crippen LogP contribution in [-0.2, 0) is 4.79 Å². The molecular weight excluding hydrogens is 250 g/mol. The molecule has 2 heterocycles. The molecule has 0 saturated carbocycles. The molecule has 6 heteroatoms. The van der Waals surface area contributed by atoms with Crippen molar-refractivity contribution in [3.63, 3.8) is 0 Å². The average Bonchev–Trinajstić information content (AvgIpc) is 2.66. The van der Waals surface area contributed by atoms with Gasteiger partial charge < -0.3 is 20.3 Å². The molecule has 0 spiro atoms. The van der Waals surface area contributed by atoms with Crippen LogP contribution in [0.5, 0.6) is 5.75 Å². The second kappa shape index (κ2) is 4.13. The van der Waals surface area contributed by atoms with Gasteiger partial charge in [-0.3, -0.25) is 4.79 Å². The summed E-state index contributed by atoms with van der Waals surface area (Å²) in [5.74, 6) is 0.462. The number of para-hydroxylation sites is 2. The number of carbonyl (C=O) groups excluding carboxylic acids is 1. The Morgan fingerprint density at radius 1 is 1.50 bits per heavy atom. The molecule has 1 fully saturated rings. The van der Waals surface area contributed by atoms with Crippen LogP contribution in [0, 0.1) is 0 Å². The molecule has 18 heavy (non-hydrogen) atoms. The van der Waals surface area contributed by atoms with E-state index in [-0.39, 0.29) is 18.5 Å². The van der Waals surface area contributed by atoms with Crippen molar-refractivity contribution in [1.82, 2.24) is 4.90 Å². The highest BCUT2D eigenvalue weighted by Gasteiger charge is 2.39. The molecule has 2 aliphatic rings. The van der Waals surface area contributed by atoms with Gasteiger partial charge in [0.2, 0.25) is 5.91 Å². The van der Waals surface area contributed by atoms with Gasteiger partial charge in [0.25, 0.3) is 0 Å². The normalized spacial score (nSPS) is 21.3. The van der Waals surface area contributed by atoms with Crippen LogP contribution in [0.25, 0.3) is 0 Å². The molecule has 2 aliphatic heterocycles. The lowest BCUT2D eigenvalue weighted by molar-refractivity contribution is -0.118. The lowest BCUT2D eigenvalue weighted by atomic mass is 10.2. The number of thiocarbonyl (C=S) groups is 1. The van der Waals surface area contributed by atoms with E-state index in [1.54, 1.807) is 0 Å². The third-order valence-electron chi connectivity index (χ3n) is 3.18. The molecule has 0 aromatic heterocycles. The molecule has 0 radical (unpaired) electrons. The highest BCUT2D eigenvalue weighted by Crippen LogP contribution is 2.36. The number of ether oxygens (including phenoxy) is 1. The number of fused-ring (bicyclic) bond motifs is 3. The zero-order valence-electron chi connectivity index (χ0n) is 9.70. The number of hydrogen-bond acceptors (Lipinski definition) is 3. The summed E-state index contributed by atoms with van der Waals surface area (Å²) in [4.78, 5) is 14.9. The van der Waals surface area contributed by atoms with Gasteiger partial charge in [-0.05, 0) is 24.4 Å². The smallest absolute Gasteiger partial charge is 0.237 e. The maximum Gasteiger partial charge on any atom is 0.237 e. The first kappa shape index (κ1) is 11.3. The van der Waals surface area contributed by atoms with Crippen LogP contribution >= 0.6 is 12.2 Å². The second-order valence-corrected chi connectivity index (χ2v) is 4.80. The SMILES string of the molecule is NC(=O)CN1CC2COc3ccccc3N2C1=S. The Morgan fingerprint density at radius 3 is 3.06 bits per heavy atom. The van der Waals surface area contributed by atoms with Crippen LogP contribution in [0.1, 0.15) is 0 Å². The highest BCUT2D eigenvalue weighted by atomic mass is 32.1. The van der Waals surface area contributed by atoms with Gasteiger partial charge in [0.1, 0.15) is 12.4 Å². The Morgan fingerprint density at radius 2 is 2.28 bits per heavy atom. The molecule has 1 atom stereocenters. The minimum absolute atomic E-state index is 0.159. The van der Waals surface area contributed by atoms with Crippen LogP contribution in [0.15, 0.2) is 24.3 Å². The van der Waals surface area contributed by atoms with Gasteiger partial charge in [-0.1, -0.05) is 12.1 Å². The van der Waals surface area contributed by atoms with Crippen LogP contribution in [0.2, 0.25) is 0 Å². The number of rotatable bonds is 2. The van der Waals surface area contributed by atoms with Crippen LogP contribution < -0.4 is 15.4 Å². The monoisotopic (exact) mass is 263 g/mol. The van der Waals surface area contributed by atoms with Crippen molar-refractivity contribution in [2.45, 2.75) is 6.04 Å². The van der Waals surface area contributed by atoms with E-state index in [4.69, 9.17) is 22.7 Å². The van der Waals surface area contributed by atoms with Crippen molar-refractivity contribution in [2.24, 2.45) is 5.73 Å². The van der Waals surface area contributed by atoms with Gasteiger partial charge in [-0.2, -0.15) is 0 Å².